The van der Waals surface area contributed by atoms with Crippen molar-refractivity contribution in [2.45, 2.75) is 51.6 Å². The lowest BCUT2D eigenvalue weighted by Gasteiger charge is -2.38. The van der Waals surface area contributed by atoms with Crippen LogP contribution in [-0.2, 0) is 4.79 Å². The lowest BCUT2D eigenvalue weighted by Crippen LogP contribution is -2.49. The molecule has 2 aliphatic heterocycles. The zero-order valence-corrected chi connectivity index (χ0v) is 20.8. The molecule has 1 fully saturated rings. The number of piperidine rings is 1. The van der Waals surface area contributed by atoms with E-state index in [1.165, 1.54) is 12.1 Å². The van der Waals surface area contributed by atoms with Gasteiger partial charge < -0.3 is 19.5 Å². The minimum absolute atomic E-state index is 0.00213. The fourth-order valence-electron chi connectivity index (χ4n) is 5.47. The third-order valence-electron chi connectivity index (χ3n) is 7.43. The van der Waals surface area contributed by atoms with E-state index in [2.05, 4.69) is 24.9 Å². The van der Waals surface area contributed by atoms with Crippen molar-refractivity contribution < 1.29 is 18.7 Å². The van der Waals surface area contributed by atoms with Crippen molar-refractivity contribution in [3.8, 4) is 5.75 Å². The van der Waals surface area contributed by atoms with Crippen molar-refractivity contribution in [3.05, 3.63) is 71.7 Å². The van der Waals surface area contributed by atoms with E-state index in [4.69, 9.17) is 4.74 Å². The molecule has 188 valence electrons. The minimum atomic E-state index is -0.264. The number of hydrogen-bond donors (Lipinski definition) is 1. The Morgan fingerprint density at radius 2 is 1.83 bits per heavy atom. The number of likely N-dealkylation sites (tertiary alicyclic amines) is 1. The molecule has 0 bridgehead atoms. The number of aromatic nitrogens is 1. The number of fused-ring (bicyclic) bond motifs is 1. The molecule has 2 aromatic carbocycles. The highest BCUT2D eigenvalue weighted by Gasteiger charge is 2.29. The van der Waals surface area contributed by atoms with Gasteiger partial charge in [-0.3, -0.25) is 9.59 Å². The van der Waals surface area contributed by atoms with E-state index in [9.17, 15) is 14.0 Å². The van der Waals surface area contributed by atoms with Crippen LogP contribution in [0.4, 0.5) is 4.39 Å². The van der Waals surface area contributed by atoms with Gasteiger partial charge in [0.2, 0.25) is 0 Å². The van der Waals surface area contributed by atoms with Gasteiger partial charge in [-0.2, -0.15) is 0 Å². The van der Waals surface area contributed by atoms with E-state index < -0.39 is 0 Å². The van der Waals surface area contributed by atoms with Gasteiger partial charge in [-0.15, -0.1) is 0 Å². The average molecular weight is 490 g/mol. The van der Waals surface area contributed by atoms with Gasteiger partial charge in [0.25, 0.3) is 11.8 Å². The number of carbonyl (C=O) groups excluding carboxylic acids is 2. The number of benzene rings is 2. The number of carbonyl (C=O) groups is 2. The Labute approximate surface area is 210 Å². The first-order chi connectivity index (χ1) is 17.4. The fourth-order valence-corrected chi connectivity index (χ4v) is 5.47. The van der Waals surface area contributed by atoms with Crippen molar-refractivity contribution in [2.24, 2.45) is 0 Å². The summed E-state index contributed by atoms with van der Waals surface area (Å²) in [6.07, 6.45) is 7.92. The molecule has 2 atom stereocenters. The van der Waals surface area contributed by atoms with Crippen molar-refractivity contribution in [1.82, 2.24) is 14.8 Å². The summed E-state index contributed by atoms with van der Waals surface area (Å²) in [4.78, 5) is 32.6. The summed E-state index contributed by atoms with van der Waals surface area (Å²) >= 11 is 0. The summed E-state index contributed by atoms with van der Waals surface area (Å²) < 4.78 is 19.2. The van der Waals surface area contributed by atoms with E-state index in [0.29, 0.717) is 24.4 Å². The predicted octanol–water partition coefficient (Wildman–Crippen LogP) is 5.40. The van der Waals surface area contributed by atoms with Gasteiger partial charge in [0.05, 0.1) is 0 Å². The van der Waals surface area contributed by atoms with Crippen LogP contribution in [0, 0.1) is 5.82 Å². The van der Waals surface area contributed by atoms with E-state index in [-0.39, 0.29) is 36.3 Å². The highest BCUT2D eigenvalue weighted by atomic mass is 19.1. The zero-order chi connectivity index (χ0) is 25.2. The Morgan fingerprint density at radius 1 is 1.08 bits per heavy atom. The minimum Gasteiger partial charge on any atom is -0.484 e. The number of amides is 2. The standard InChI is InChI=1S/C29H32FN3O3/c1-19-4-3-5-20(2)33(19)28(34)18-36-24-9-6-22(7-10-24)29(35)32-14-12-21(13-15-32)26-17-31-27-16-23(30)8-11-25(26)27/h6-12,16-17,19-20,31H,3-5,13-15,18H2,1-2H3. The number of halogens is 1. The first-order valence-electron chi connectivity index (χ1n) is 12.7. The van der Waals surface area contributed by atoms with Gasteiger partial charge in [0, 0.05) is 53.4 Å². The molecule has 2 amide bonds. The highest BCUT2D eigenvalue weighted by molar-refractivity contribution is 5.96. The first kappa shape index (κ1) is 24.1. The Bertz CT molecular complexity index is 1290. The van der Waals surface area contributed by atoms with Crippen LogP contribution < -0.4 is 4.74 Å². The van der Waals surface area contributed by atoms with E-state index in [0.717, 1.165) is 47.7 Å². The summed E-state index contributed by atoms with van der Waals surface area (Å²) in [5, 5.41) is 0.987. The molecule has 3 aromatic rings. The largest absolute Gasteiger partial charge is 0.484 e. The van der Waals surface area contributed by atoms with Gasteiger partial charge in [-0.1, -0.05) is 6.08 Å². The molecule has 0 radical (unpaired) electrons. The van der Waals surface area contributed by atoms with Crippen LogP contribution in [0.25, 0.3) is 16.5 Å². The quantitative estimate of drug-likeness (QED) is 0.522. The molecule has 0 saturated carbocycles. The molecule has 2 aliphatic rings. The molecule has 0 aliphatic carbocycles. The molecule has 0 spiro atoms. The lowest BCUT2D eigenvalue weighted by atomic mass is 9.97. The normalized spacial score (nSPS) is 20.4. The maximum absolute atomic E-state index is 13.5. The number of nitrogens with zero attached hydrogens (tertiary/aromatic N) is 2. The Hall–Kier alpha value is -3.61. The van der Waals surface area contributed by atoms with Crippen molar-refractivity contribution in [2.75, 3.05) is 19.7 Å². The number of aromatic amines is 1. The molecule has 3 heterocycles. The van der Waals surface area contributed by atoms with E-state index in [1.54, 1.807) is 30.3 Å². The average Bonchev–Trinajstić information content (AvgIpc) is 3.30. The number of rotatable bonds is 5. The second-order valence-electron chi connectivity index (χ2n) is 9.87. The second kappa shape index (κ2) is 10.2. The van der Waals surface area contributed by atoms with E-state index >= 15 is 0 Å². The summed E-state index contributed by atoms with van der Waals surface area (Å²) in [6, 6.07) is 12.2. The number of hydrogen-bond acceptors (Lipinski definition) is 3. The molecule has 7 heteroatoms. The monoisotopic (exact) mass is 489 g/mol. The summed E-state index contributed by atoms with van der Waals surface area (Å²) in [6.45, 7) is 5.31. The van der Waals surface area contributed by atoms with Gasteiger partial charge in [-0.05, 0) is 87.6 Å². The predicted molar refractivity (Wildman–Crippen MR) is 138 cm³/mol. The maximum atomic E-state index is 13.5. The van der Waals surface area contributed by atoms with Crippen LogP contribution in [0.15, 0.2) is 54.7 Å². The van der Waals surface area contributed by atoms with Crippen molar-refractivity contribution in [1.29, 1.82) is 0 Å². The first-order valence-corrected chi connectivity index (χ1v) is 12.7. The van der Waals surface area contributed by atoms with Gasteiger partial charge >= 0.3 is 0 Å². The van der Waals surface area contributed by atoms with Crippen molar-refractivity contribution in [3.63, 3.8) is 0 Å². The van der Waals surface area contributed by atoms with Crippen LogP contribution in [0.2, 0.25) is 0 Å². The molecule has 6 nitrogen and oxygen atoms in total. The number of nitrogens with one attached hydrogen (secondary N) is 1. The lowest BCUT2D eigenvalue weighted by molar-refractivity contribution is -0.139. The molecule has 36 heavy (non-hydrogen) atoms. The highest BCUT2D eigenvalue weighted by Crippen LogP contribution is 2.30. The topological polar surface area (TPSA) is 65.6 Å². The number of H-pyrrole nitrogens is 1. The SMILES string of the molecule is CC1CCCC(C)N1C(=O)COc1ccc(C(=O)N2CC=C(c3c[nH]c4cc(F)ccc34)CC2)cc1. The second-order valence-corrected chi connectivity index (χ2v) is 9.87. The molecule has 5 rings (SSSR count). The third kappa shape index (κ3) is 4.87. The van der Waals surface area contributed by atoms with E-state index in [1.807, 2.05) is 16.0 Å². The summed E-state index contributed by atoms with van der Waals surface area (Å²) in [5.41, 5.74) is 3.57. The summed E-state index contributed by atoms with van der Waals surface area (Å²) in [7, 11) is 0. The molecular weight excluding hydrogens is 457 g/mol. The zero-order valence-electron chi connectivity index (χ0n) is 20.8. The smallest absolute Gasteiger partial charge is 0.260 e. The Morgan fingerprint density at radius 3 is 2.53 bits per heavy atom. The maximum Gasteiger partial charge on any atom is 0.260 e. The molecule has 1 saturated heterocycles. The molecular formula is C29H32FN3O3. The van der Waals surface area contributed by atoms with Crippen LogP contribution in [0.1, 0.15) is 55.5 Å². The summed E-state index contributed by atoms with van der Waals surface area (Å²) in [5.74, 6) is 0.282. The molecule has 1 aromatic heterocycles. The van der Waals surface area contributed by atoms with Crippen LogP contribution in [-0.4, -0.2) is 58.4 Å². The molecule has 1 N–H and O–H groups in total. The number of ether oxygens (including phenoxy) is 1. The van der Waals surface area contributed by atoms with Gasteiger partial charge in [0.15, 0.2) is 6.61 Å². The van der Waals surface area contributed by atoms with Gasteiger partial charge in [-0.25, -0.2) is 4.39 Å². The Balaban J connectivity index is 1.18. The van der Waals surface area contributed by atoms with Crippen LogP contribution in [0.5, 0.6) is 5.75 Å². The fraction of sp³-hybridized carbons (Fsp3) is 0.379. The van der Waals surface area contributed by atoms with Crippen molar-refractivity contribution >= 4 is 28.3 Å². The van der Waals surface area contributed by atoms with Crippen LogP contribution >= 0.6 is 0 Å². The Kier molecular flexibility index (Phi) is 6.81. The van der Waals surface area contributed by atoms with Crippen LogP contribution in [0.3, 0.4) is 0 Å². The van der Waals surface area contributed by atoms with Gasteiger partial charge in [0.1, 0.15) is 11.6 Å². The third-order valence-corrected chi connectivity index (χ3v) is 7.43. The molecule has 2 unspecified atom stereocenters.